The second-order valence-corrected chi connectivity index (χ2v) is 9.61. The van der Waals surface area contributed by atoms with E-state index in [1.807, 2.05) is 63.2 Å². The number of hydrogen-bond acceptors (Lipinski definition) is 4. The van der Waals surface area contributed by atoms with Crippen LogP contribution in [0, 0.1) is 0 Å². The fourth-order valence-corrected chi connectivity index (χ4v) is 4.93. The summed E-state index contributed by atoms with van der Waals surface area (Å²) in [6, 6.07) is 16.2. The summed E-state index contributed by atoms with van der Waals surface area (Å²) in [7, 11) is -3.48. The van der Waals surface area contributed by atoms with E-state index < -0.39 is 16.1 Å². The first kappa shape index (κ1) is 22.5. The number of nitrogens with one attached hydrogen (secondary N) is 2. The minimum Gasteiger partial charge on any atom is -0.352 e. The van der Waals surface area contributed by atoms with Crippen LogP contribution in [-0.2, 0) is 14.8 Å². The van der Waals surface area contributed by atoms with E-state index in [1.54, 1.807) is 12.1 Å². The molecular formula is C23H31N3O3S. The van der Waals surface area contributed by atoms with Crippen LogP contribution in [0.2, 0.25) is 0 Å². The van der Waals surface area contributed by atoms with Crippen molar-refractivity contribution in [2.75, 3.05) is 13.1 Å². The second-order valence-electron chi connectivity index (χ2n) is 7.67. The van der Waals surface area contributed by atoms with Gasteiger partial charge >= 0.3 is 0 Å². The Morgan fingerprint density at radius 3 is 2.13 bits per heavy atom. The molecule has 0 radical (unpaired) electrons. The summed E-state index contributed by atoms with van der Waals surface area (Å²) >= 11 is 0. The smallest absolute Gasteiger partial charge is 0.243 e. The van der Waals surface area contributed by atoms with Gasteiger partial charge in [0.15, 0.2) is 0 Å². The summed E-state index contributed by atoms with van der Waals surface area (Å²) in [5.41, 5.74) is 1.83. The molecule has 2 aromatic rings. The van der Waals surface area contributed by atoms with Crippen LogP contribution in [0.5, 0.6) is 0 Å². The molecule has 1 aliphatic rings. The van der Waals surface area contributed by atoms with Gasteiger partial charge in [-0.25, -0.2) is 8.42 Å². The molecule has 1 aliphatic carbocycles. The molecule has 2 N–H and O–H groups in total. The van der Waals surface area contributed by atoms with Gasteiger partial charge in [-0.05, 0) is 43.0 Å². The van der Waals surface area contributed by atoms with E-state index in [9.17, 15) is 13.2 Å². The molecule has 162 valence electrons. The van der Waals surface area contributed by atoms with Gasteiger partial charge in [0.1, 0.15) is 6.04 Å². The van der Waals surface area contributed by atoms with Gasteiger partial charge in [0, 0.05) is 25.2 Å². The summed E-state index contributed by atoms with van der Waals surface area (Å²) in [5.74, 6) is -0.0312. The topological polar surface area (TPSA) is 78.5 Å². The first-order chi connectivity index (χ1) is 14.4. The average molecular weight is 430 g/mol. The third kappa shape index (κ3) is 5.28. The molecule has 7 heteroatoms. The number of benzene rings is 2. The first-order valence-electron chi connectivity index (χ1n) is 10.6. The standard InChI is InChI=1S/C23H31N3O3S/c1-4-26(5-2)30(28,29)21-15-11-18(12-16-21)17(3)24-22(19-9-7-6-8-10-19)23(27)25-20-13-14-20/h6-12,15-17,20,22,24H,4-5,13-14H2,1-3H3,(H,25,27)/t17-,22-/m1/s1. The highest BCUT2D eigenvalue weighted by Crippen LogP contribution is 2.25. The SMILES string of the molecule is CCN(CC)S(=O)(=O)c1ccc([C@@H](C)N[C@@H](C(=O)NC2CC2)c2ccccc2)cc1. The zero-order valence-electron chi connectivity index (χ0n) is 17.8. The van der Waals surface area contributed by atoms with Crippen molar-refractivity contribution in [2.45, 2.75) is 56.6 Å². The monoisotopic (exact) mass is 429 g/mol. The maximum absolute atomic E-state index is 12.8. The Kier molecular flexibility index (Phi) is 7.28. The minimum absolute atomic E-state index is 0.0312. The average Bonchev–Trinajstić information content (AvgIpc) is 3.57. The van der Waals surface area contributed by atoms with Crippen molar-refractivity contribution in [3.05, 3.63) is 65.7 Å². The molecule has 1 fully saturated rings. The van der Waals surface area contributed by atoms with Crippen LogP contribution in [0.25, 0.3) is 0 Å². The minimum atomic E-state index is -3.48. The predicted molar refractivity (Wildman–Crippen MR) is 118 cm³/mol. The molecule has 1 amide bonds. The van der Waals surface area contributed by atoms with E-state index in [2.05, 4.69) is 10.6 Å². The van der Waals surface area contributed by atoms with Crippen molar-refractivity contribution >= 4 is 15.9 Å². The molecule has 6 nitrogen and oxygen atoms in total. The fraction of sp³-hybridized carbons (Fsp3) is 0.435. The lowest BCUT2D eigenvalue weighted by atomic mass is 10.0. The van der Waals surface area contributed by atoms with Gasteiger partial charge in [-0.15, -0.1) is 0 Å². The molecule has 2 atom stereocenters. The van der Waals surface area contributed by atoms with Crippen molar-refractivity contribution in [2.24, 2.45) is 0 Å². The fourth-order valence-electron chi connectivity index (χ4n) is 3.47. The van der Waals surface area contributed by atoms with E-state index in [-0.39, 0.29) is 22.9 Å². The number of amides is 1. The molecule has 0 aromatic heterocycles. The summed E-state index contributed by atoms with van der Waals surface area (Å²) in [6.45, 7) is 6.52. The number of nitrogens with zero attached hydrogens (tertiary/aromatic N) is 1. The highest BCUT2D eigenvalue weighted by Gasteiger charge is 2.29. The van der Waals surface area contributed by atoms with Crippen LogP contribution in [0.1, 0.15) is 56.8 Å². The van der Waals surface area contributed by atoms with Crippen molar-refractivity contribution in [1.29, 1.82) is 0 Å². The largest absolute Gasteiger partial charge is 0.352 e. The Labute approximate surface area is 179 Å². The second kappa shape index (κ2) is 9.73. The van der Waals surface area contributed by atoms with Crippen molar-refractivity contribution in [3.8, 4) is 0 Å². The molecule has 0 aliphatic heterocycles. The molecule has 0 heterocycles. The molecule has 0 saturated heterocycles. The van der Waals surface area contributed by atoms with Gasteiger partial charge in [-0.2, -0.15) is 4.31 Å². The summed E-state index contributed by atoms with van der Waals surface area (Å²) < 4.78 is 26.8. The molecule has 0 bridgehead atoms. The normalized spacial score (nSPS) is 16.3. The Morgan fingerprint density at radius 1 is 1.00 bits per heavy atom. The van der Waals surface area contributed by atoms with Gasteiger partial charge in [-0.3, -0.25) is 10.1 Å². The molecule has 1 saturated carbocycles. The molecule has 2 aromatic carbocycles. The third-order valence-electron chi connectivity index (χ3n) is 5.46. The lowest BCUT2D eigenvalue weighted by molar-refractivity contribution is -0.123. The molecular weight excluding hydrogens is 398 g/mol. The van der Waals surface area contributed by atoms with E-state index in [4.69, 9.17) is 0 Å². The Bertz CT molecular complexity index is 937. The summed E-state index contributed by atoms with van der Waals surface area (Å²) in [5, 5.41) is 6.49. The van der Waals surface area contributed by atoms with Crippen LogP contribution < -0.4 is 10.6 Å². The van der Waals surface area contributed by atoms with Gasteiger partial charge in [0.2, 0.25) is 15.9 Å². The van der Waals surface area contributed by atoms with Crippen molar-refractivity contribution in [1.82, 2.24) is 14.9 Å². The van der Waals surface area contributed by atoms with Crippen LogP contribution in [0.3, 0.4) is 0 Å². The van der Waals surface area contributed by atoms with Crippen molar-refractivity contribution < 1.29 is 13.2 Å². The van der Waals surface area contributed by atoms with Gasteiger partial charge in [0.25, 0.3) is 0 Å². The molecule has 0 unspecified atom stereocenters. The molecule has 0 spiro atoms. The van der Waals surface area contributed by atoms with E-state index in [0.29, 0.717) is 13.1 Å². The molecule has 30 heavy (non-hydrogen) atoms. The Morgan fingerprint density at radius 2 is 1.60 bits per heavy atom. The van der Waals surface area contributed by atoms with Crippen LogP contribution in [0.15, 0.2) is 59.5 Å². The van der Waals surface area contributed by atoms with Gasteiger partial charge in [-0.1, -0.05) is 56.3 Å². The van der Waals surface area contributed by atoms with E-state index in [0.717, 1.165) is 24.0 Å². The Balaban J connectivity index is 1.77. The first-order valence-corrected chi connectivity index (χ1v) is 12.0. The molecule has 3 rings (SSSR count). The van der Waals surface area contributed by atoms with Gasteiger partial charge < -0.3 is 5.32 Å². The maximum atomic E-state index is 12.8. The number of sulfonamides is 1. The number of carbonyl (C=O) groups excluding carboxylic acids is 1. The summed E-state index contributed by atoms with van der Waals surface area (Å²) in [4.78, 5) is 13.1. The van der Waals surface area contributed by atoms with Crippen LogP contribution in [0.4, 0.5) is 0 Å². The van der Waals surface area contributed by atoms with Crippen LogP contribution >= 0.6 is 0 Å². The lowest BCUT2D eigenvalue weighted by Crippen LogP contribution is -2.39. The number of carbonyl (C=O) groups is 1. The highest BCUT2D eigenvalue weighted by atomic mass is 32.2. The maximum Gasteiger partial charge on any atom is 0.243 e. The van der Waals surface area contributed by atoms with E-state index >= 15 is 0 Å². The Hall–Kier alpha value is -2.22. The third-order valence-corrected chi connectivity index (χ3v) is 7.52. The lowest BCUT2D eigenvalue weighted by Gasteiger charge is -2.24. The van der Waals surface area contributed by atoms with E-state index in [1.165, 1.54) is 4.31 Å². The summed E-state index contributed by atoms with van der Waals surface area (Å²) in [6.07, 6.45) is 2.07. The predicted octanol–water partition coefficient (Wildman–Crippen LogP) is 3.39. The number of rotatable bonds is 10. The zero-order valence-corrected chi connectivity index (χ0v) is 18.7. The van der Waals surface area contributed by atoms with Gasteiger partial charge in [0.05, 0.1) is 4.90 Å². The van der Waals surface area contributed by atoms with Crippen LogP contribution in [-0.4, -0.2) is 37.8 Å². The quantitative estimate of drug-likeness (QED) is 0.607. The zero-order chi connectivity index (χ0) is 21.7. The van der Waals surface area contributed by atoms with Crippen molar-refractivity contribution in [3.63, 3.8) is 0 Å². The highest BCUT2D eigenvalue weighted by molar-refractivity contribution is 7.89. The number of hydrogen-bond donors (Lipinski definition) is 2.